The highest BCUT2D eigenvalue weighted by Gasteiger charge is 2.76. The lowest BCUT2D eigenvalue weighted by atomic mass is 10.0. The van der Waals surface area contributed by atoms with E-state index in [0.717, 1.165) is 0 Å². The quantitative estimate of drug-likeness (QED) is 0.529. The van der Waals surface area contributed by atoms with Crippen LogP contribution in [0.2, 0.25) is 0 Å². The van der Waals surface area contributed by atoms with Gasteiger partial charge in [0.05, 0.1) is 6.61 Å². The molecule has 0 aromatic heterocycles. The normalized spacial score (nSPS) is 23.8. The highest BCUT2D eigenvalue weighted by molar-refractivity contribution is 5.03. The van der Waals surface area contributed by atoms with Gasteiger partial charge in [0, 0.05) is 0 Å². The number of hydrogen-bond acceptors (Lipinski definition) is 1. The van der Waals surface area contributed by atoms with Crippen LogP contribution in [-0.4, -0.2) is 37.2 Å². The van der Waals surface area contributed by atoms with Crippen molar-refractivity contribution in [3.63, 3.8) is 0 Å². The van der Waals surface area contributed by atoms with Crippen molar-refractivity contribution in [3.05, 3.63) is 0 Å². The molecule has 1 fully saturated rings. The van der Waals surface area contributed by atoms with Crippen LogP contribution in [0.1, 0.15) is 0 Å². The van der Waals surface area contributed by atoms with Gasteiger partial charge in [-0.1, -0.05) is 0 Å². The maximum absolute atomic E-state index is 12.5. The zero-order chi connectivity index (χ0) is 11.2. The Morgan fingerprint density at radius 1 is 1.07 bits per heavy atom. The molecule has 0 bridgehead atoms. The monoisotopic (exact) mass is 226 g/mol. The van der Waals surface area contributed by atoms with E-state index in [1.54, 1.807) is 0 Å². The Balaban J connectivity index is 2.92. The van der Waals surface area contributed by atoms with Crippen LogP contribution in [-0.2, 0) is 4.74 Å². The molecule has 14 heavy (non-hydrogen) atoms. The van der Waals surface area contributed by atoms with Gasteiger partial charge < -0.3 is 4.74 Å². The molecule has 1 atom stereocenters. The van der Waals surface area contributed by atoms with Crippen molar-refractivity contribution in [1.82, 2.24) is 0 Å². The molecule has 0 spiro atoms. The summed E-state index contributed by atoms with van der Waals surface area (Å²) in [5.41, 5.74) is 0. The first-order valence-corrected chi connectivity index (χ1v) is 3.48. The molecule has 84 valence electrons. The van der Waals surface area contributed by atoms with Gasteiger partial charge in [-0.2, -0.15) is 26.3 Å². The van der Waals surface area contributed by atoms with E-state index in [1.165, 1.54) is 0 Å². The van der Waals surface area contributed by atoms with Crippen LogP contribution < -0.4 is 0 Å². The average Bonchev–Trinajstić information content (AvgIpc) is 2.85. The molecular weight excluding hydrogens is 221 g/mol. The largest absolute Gasteiger partial charge is 0.377 e. The Labute approximate surface area is 73.8 Å². The fourth-order valence-electron chi connectivity index (χ4n) is 0.787. The van der Waals surface area contributed by atoms with E-state index in [-0.39, 0.29) is 0 Å². The minimum atomic E-state index is -5.74. The number of ether oxygens (including phenoxy) is 1. The molecule has 1 rings (SSSR count). The Morgan fingerprint density at radius 3 is 1.79 bits per heavy atom. The third-order valence-corrected chi connectivity index (χ3v) is 1.78. The fraction of sp³-hybridized carbons (Fsp3) is 1.00. The Bertz CT molecular complexity index is 222. The molecule has 0 saturated carbocycles. The molecule has 0 aromatic carbocycles. The fourth-order valence-corrected chi connectivity index (χ4v) is 0.787. The van der Waals surface area contributed by atoms with Crippen molar-refractivity contribution >= 4 is 0 Å². The van der Waals surface area contributed by atoms with Gasteiger partial charge in [0.25, 0.3) is 0 Å². The molecule has 0 N–H and O–H groups in total. The van der Waals surface area contributed by atoms with E-state index in [1.807, 2.05) is 0 Å². The summed E-state index contributed by atoms with van der Waals surface area (Å²) in [5.74, 6) is -16.2. The van der Waals surface area contributed by atoms with Gasteiger partial charge in [-0.3, -0.25) is 0 Å². The van der Waals surface area contributed by atoms with E-state index in [2.05, 4.69) is 4.74 Å². The molecule has 8 heteroatoms. The summed E-state index contributed by atoms with van der Waals surface area (Å²) in [6.45, 7) is -3.58. The van der Waals surface area contributed by atoms with Crippen LogP contribution in [0.5, 0.6) is 0 Å². The van der Waals surface area contributed by atoms with E-state index in [9.17, 15) is 30.7 Å². The molecule has 1 aliphatic heterocycles. The van der Waals surface area contributed by atoms with Crippen molar-refractivity contribution in [2.45, 2.75) is 23.9 Å². The maximum Gasteiger partial charge on any atom is 0.377 e. The third-order valence-electron chi connectivity index (χ3n) is 1.78. The van der Waals surface area contributed by atoms with Crippen molar-refractivity contribution in [3.8, 4) is 0 Å². The zero-order valence-electron chi connectivity index (χ0n) is 6.55. The van der Waals surface area contributed by atoms with E-state index in [4.69, 9.17) is 0 Å². The number of alkyl halides is 7. The summed E-state index contributed by atoms with van der Waals surface area (Å²) in [4.78, 5) is 0. The summed E-state index contributed by atoms with van der Waals surface area (Å²) in [5, 5.41) is 0. The predicted molar refractivity (Wildman–Crippen MR) is 30.6 cm³/mol. The second kappa shape index (κ2) is 2.98. The smallest absolute Gasteiger partial charge is 0.366 e. The first-order chi connectivity index (χ1) is 6.17. The number of halogens is 7. The summed E-state index contributed by atoms with van der Waals surface area (Å²) in [7, 11) is 0. The van der Waals surface area contributed by atoms with E-state index in [0.29, 0.717) is 0 Å². The third kappa shape index (κ3) is 1.45. The highest BCUT2D eigenvalue weighted by Crippen LogP contribution is 2.50. The molecule has 1 heterocycles. The number of epoxide rings is 1. The van der Waals surface area contributed by atoms with Crippen LogP contribution >= 0.6 is 0 Å². The van der Waals surface area contributed by atoms with Gasteiger partial charge in [0.1, 0.15) is 0 Å². The number of rotatable bonds is 4. The summed E-state index contributed by atoms with van der Waals surface area (Å²) in [6, 6.07) is 0. The highest BCUT2D eigenvalue weighted by atomic mass is 19.3. The van der Waals surface area contributed by atoms with Gasteiger partial charge in [-0.05, 0) is 0 Å². The molecule has 0 amide bonds. The lowest BCUT2D eigenvalue weighted by Crippen LogP contribution is -2.57. The summed E-state index contributed by atoms with van der Waals surface area (Å²) in [6.07, 6.45) is -2.25. The van der Waals surface area contributed by atoms with E-state index < -0.39 is 37.2 Å². The standard InChI is InChI=1S/C6H5F7O/c7-2-4(8,9)6(12,13)5(10,11)3-1-14-3/h3H,1-2H2. The molecule has 0 aliphatic carbocycles. The van der Waals surface area contributed by atoms with Crippen LogP contribution in [0.15, 0.2) is 0 Å². The number of hydrogen-bond donors (Lipinski definition) is 0. The molecule has 1 nitrogen and oxygen atoms in total. The van der Waals surface area contributed by atoms with Crippen molar-refractivity contribution in [2.24, 2.45) is 0 Å². The Morgan fingerprint density at radius 2 is 1.50 bits per heavy atom. The summed E-state index contributed by atoms with van der Waals surface area (Å²) >= 11 is 0. The topological polar surface area (TPSA) is 12.5 Å². The molecule has 1 unspecified atom stereocenters. The second-order valence-electron chi connectivity index (χ2n) is 2.86. The molecule has 1 aliphatic rings. The SMILES string of the molecule is FCC(F)(F)C(F)(F)C(F)(F)C1CO1. The van der Waals surface area contributed by atoms with E-state index >= 15 is 0 Å². The van der Waals surface area contributed by atoms with Crippen molar-refractivity contribution < 1.29 is 35.5 Å². The van der Waals surface area contributed by atoms with Crippen molar-refractivity contribution in [1.29, 1.82) is 0 Å². The Kier molecular flexibility index (Phi) is 2.46. The Hall–Kier alpha value is -0.530. The lowest BCUT2D eigenvalue weighted by Gasteiger charge is -2.30. The van der Waals surface area contributed by atoms with Crippen molar-refractivity contribution in [2.75, 3.05) is 13.3 Å². The summed E-state index contributed by atoms with van der Waals surface area (Å²) < 4.78 is 89.6. The minimum Gasteiger partial charge on any atom is -0.366 e. The average molecular weight is 226 g/mol. The molecule has 0 radical (unpaired) electrons. The molecular formula is C6H5F7O. The van der Waals surface area contributed by atoms with Crippen LogP contribution in [0, 0.1) is 0 Å². The van der Waals surface area contributed by atoms with Crippen LogP contribution in [0.3, 0.4) is 0 Å². The predicted octanol–water partition coefficient (Wildman–Crippen LogP) is 2.26. The lowest BCUT2D eigenvalue weighted by molar-refractivity contribution is -0.316. The van der Waals surface area contributed by atoms with Gasteiger partial charge in [-0.15, -0.1) is 0 Å². The maximum atomic E-state index is 12.5. The van der Waals surface area contributed by atoms with Gasteiger partial charge >= 0.3 is 17.8 Å². The first kappa shape index (κ1) is 11.5. The minimum absolute atomic E-state index is 0.731. The first-order valence-electron chi connectivity index (χ1n) is 3.48. The van der Waals surface area contributed by atoms with Gasteiger partial charge in [-0.25, -0.2) is 4.39 Å². The molecule has 0 aromatic rings. The van der Waals surface area contributed by atoms with Crippen LogP contribution in [0.25, 0.3) is 0 Å². The zero-order valence-corrected chi connectivity index (χ0v) is 6.55. The van der Waals surface area contributed by atoms with Gasteiger partial charge in [0.15, 0.2) is 12.8 Å². The van der Waals surface area contributed by atoms with Crippen LogP contribution in [0.4, 0.5) is 30.7 Å². The molecule has 1 saturated heterocycles. The second-order valence-corrected chi connectivity index (χ2v) is 2.86. The van der Waals surface area contributed by atoms with Gasteiger partial charge in [0.2, 0.25) is 0 Å².